The average molecular weight is 602 g/mol. The van der Waals surface area contributed by atoms with Crippen molar-refractivity contribution in [3.05, 3.63) is 71.2 Å². The molecule has 11 heteroatoms. The van der Waals surface area contributed by atoms with Gasteiger partial charge in [-0.05, 0) is 73.2 Å². The van der Waals surface area contributed by atoms with E-state index in [-0.39, 0.29) is 41.3 Å². The number of carboxylic acid groups (broad SMARTS) is 1. The Hall–Kier alpha value is -4.54. The molecular weight excluding hydrogens is 565 g/mol. The highest BCUT2D eigenvalue weighted by Crippen LogP contribution is 2.48. The third kappa shape index (κ3) is 5.95. The van der Waals surface area contributed by atoms with Gasteiger partial charge in [-0.1, -0.05) is 20.8 Å². The molecule has 3 aliphatic rings. The highest BCUT2D eigenvalue weighted by Gasteiger charge is 2.54. The van der Waals surface area contributed by atoms with Crippen LogP contribution in [0.4, 0.5) is 9.18 Å². The molecule has 1 aromatic heterocycles. The molecule has 3 heterocycles. The summed E-state index contributed by atoms with van der Waals surface area (Å²) in [5.41, 5.74) is 2.70. The summed E-state index contributed by atoms with van der Waals surface area (Å²) in [5, 5.41) is 20.6. The molecule has 0 bridgehead atoms. The Morgan fingerprint density at radius 1 is 1.11 bits per heavy atom. The fraction of sp³-hybridized carbons (Fsp3) is 0.424. The van der Waals surface area contributed by atoms with Crippen molar-refractivity contribution in [2.45, 2.75) is 58.5 Å². The number of benzene rings is 2. The van der Waals surface area contributed by atoms with E-state index in [2.05, 4.69) is 29.4 Å². The summed E-state index contributed by atoms with van der Waals surface area (Å²) in [7, 11) is 0. The molecule has 2 saturated heterocycles. The SMILES string of the molecule is CC1CC(=O)N(Cc2cc(F)c(C(=O)NC3CC4(C3)CN(C(=O)O)C4)cc2Oc2ccc(-c3ccc(C(C)C)nn3)cc2)C1. The highest BCUT2D eigenvalue weighted by molar-refractivity contribution is 5.95. The predicted molar refractivity (Wildman–Crippen MR) is 160 cm³/mol. The van der Waals surface area contributed by atoms with Gasteiger partial charge in [0, 0.05) is 55.2 Å². The lowest BCUT2D eigenvalue weighted by atomic mass is 9.61. The van der Waals surface area contributed by atoms with Crippen LogP contribution in [-0.2, 0) is 11.3 Å². The second-order valence-electron chi connectivity index (χ2n) is 12.9. The third-order valence-electron chi connectivity index (χ3n) is 8.84. The zero-order valence-corrected chi connectivity index (χ0v) is 25.0. The van der Waals surface area contributed by atoms with Gasteiger partial charge in [0.05, 0.1) is 17.0 Å². The second-order valence-corrected chi connectivity index (χ2v) is 12.9. The van der Waals surface area contributed by atoms with Gasteiger partial charge in [-0.2, -0.15) is 10.2 Å². The van der Waals surface area contributed by atoms with E-state index in [1.807, 2.05) is 31.2 Å². The molecule has 1 spiro atoms. The summed E-state index contributed by atoms with van der Waals surface area (Å²) >= 11 is 0. The van der Waals surface area contributed by atoms with Crippen LogP contribution in [0.2, 0.25) is 0 Å². The standard InChI is InChI=1S/C33H36FN5O5/c1-19(2)27-8-9-28(37-36-27)21-4-6-24(7-5-21)44-29-12-25(26(34)11-22(29)16-38-15-20(3)10-30(38)40)31(41)35-23-13-33(14-23)17-39(18-33)32(42)43/h4-9,11-12,19-20,23H,10,13-18H2,1-3H3,(H,35,41)(H,42,43). The predicted octanol–water partition coefficient (Wildman–Crippen LogP) is 5.44. The van der Waals surface area contributed by atoms with Crippen LogP contribution in [0.15, 0.2) is 48.5 Å². The van der Waals surface area contributed by atoms with Gasteiger partial charge < -0.3 is 25.0 Å². The van der Waals surface area contributed by atoms with Crippen LogP contribution >= 0.6 is 0 Å². The third-order valence-corrected chi connectivity index (χ3v) is 8.84. The number of aromatic nitrogens is 2. The van der Waals surface area contributed by atoms with Gasteiger partial charge in [0.2, 0.25) is 5.91 Å². The van der Waals surface area contributed by atoms with E-state index in [1.165, 1.54) is 17.0 Å². The lowest BCUT2D eigenvalue weighted by Gasteiger charge is -2.58. The Morgan fingerprint density at radius 2 is 1.84 bits per heavy atom. The first kappa shape index (κ1) is 29.5. The minimum atomic E-state index is -0.938. The van der Waals surface area contributed by atoms with Crippen molar-refractivity contribution < 1.29 is 28.6 Å². The van der Waals surface area contributed by atoms with E-state index < -0.39 is 17.8 Å². The van der Waals surface area contributed by atoms with E-state index >= 15 is 4.39 Å². The molecule has 0 radical (unpaired) electrons. The van der Waals surface area contributed by atoms with Crippen LogP contribution in [0.25, 0.3) is 11.3 Å². The van der Waals surface area contributed by atoms with E-state index in [0.717, 1.165) is 17.0 Å². The Morgan fingerprint density at radius 3 is 2.43 bits per heavy atom. The number of rotatable bonds is 8. The summed E-state index contributed by atoms with van der Waals surface area (Å²) in [5.74, 6) is -0.00216. The van der Waals surface area contributed by atoms with Crippen molar-refractivity contribution >= 4 is 17.9 Å². The number of amides is 3. The first-order chi connectivity index (χ1) is 21.0. The fourth-order valence-electron chi connectivity index (χ4n) is 6.45. The molecule has 1 unspecified atom stereocenters. The highest BCUT2D eigenvalue weighted by atomic mass is 19.1. The molecule has 44 heavy (non-hydrogen) atoms. The van der Waals surface area contributed by atoms with Gasteiger partial charge in [0.1, 0.15) is 17.3 Å². The van der Waals surface area contributed by atoms with Gasteiger partial charge in [-0.3, -0.25) is 9.59 Å². The lowest BCUT2D eigenvalue weighted by Crippen LogP contribution is -2.67. The second kappa shape index (κ2) is 11.5. The molecule has 230 valence electrons. The molecular formula is C33H36FN5O5. The van der Waals surface area contributed by atoms with E-state index in [9.17, 15) is 14.4 Å². The van der Waals surface area contributed by atoms with Crippen molar-refractivity contribution in [1.82, 2.24) is 25.3 Å². The number of hydrogen-bond acceptors (Lipinski definition) is 6. The first-order valence-electron chi connectivity index (χ1n) is 15.0. The van der Waals surface area contributed by atoms with Crippen molar-refractivity contribution in [1.29, 1.82) is 0 Å². The van der Waals surface area contributed by atoms with Crippen LogP contribution in [0, 0.1) is 17.2 Å². The molecule has 2 aliphatic heterocycles. The van der Waals surface area contributed by atoms with Crippen molar-refractivity contribution in [2.24, 2.45) is 11.3 Å². The molecule has 2 N–H and O–H groups in total. The number of ether oxygens (including phenoxy) is 1. The normalized spacial score (nSPS) is 19.2. The molecule has 6 rings (SSSR count). The van der Waals surface area contributed by atoms with Crippen LogP contribution in [-0.4, -0.2) is 68.7 Å². The van der Waals surface area contributed by atoms with Gasteiger partial charge in [-0.25, -0.2) is 9.18 Å². The molecule has 3 fully saturated rings. The van der Waals surface area contributed by atoms with E-state index in [4.69, 9.17) is 9.84 Å². The first-order valence-corrected chi connectivity index (χ1v) is 15.0. The Balaban J connectivity index is 1.20. The van der Waals surface area contributed by atoms with Gasteiger partial charge in [-0.15, -0.1) is 0 Å². The smallest absolute Gasteiger partial charge is 0.407 e. The van der Waals surface area contributed by atoms with Gasteiger partial charge >= 0.3 is 6.09 Å². The van der Waals surface area contributed by atoms with Crippen molar-refractivity contribution in [2.75, 3.05) is 19.6 Å². The van der Waals surface area contributed by atoms with Gasteiger partial charge in [0.25, 0.3) is 5.91 Å². The minimum Gasteiger partial charge on any atom is -0.465 e. The average Bonchev–Trinajstić information content (AvgIpc) is 3.26. The maximum absolute atomic E-state index is 15.4. The molecule has 10 nitrogen and oxygen atoms in total. The van der Waals surface area contributed by atoms with Crippen molar-refractivity contribution in [3.8, 4) is 22.8 Å². The maximum atomic E-state index is 15.4. The summed E-state index contributed by atoms with van der Waals surface area (Å²) in [6.07, 6.45) is 0.802. The minimum absolute atomic E-state index is 0.00371. The van der Waals surface area contributed by atoms with Crippen LogP contribution in [0.5, 0.6) is 11.5 Å². The number of carbonyl (C=O) groups excluding carboxylic acids is 2. The number of nitrogens with one attached hydrogen (secondary N) is 1. The maximum Gasteiger partial charge on any atom is 0.407 e. The van der Waals surface area contributed by atoms with Gasteiger partial charge in [0.15, 0.2) is 0 Å². The van der Waals surface area contributed by atoms with Crippen LogP contribution < -0.4 is 10.1 Å². The zero-order chi connectivity index (χ0) is 31.2. The Bertz CT molecular complexity index is 1580. The largest absolute Gasteiger partial charge is 0.465 e. The van der Waals surface area contributed by atoms with Crippen molar-refractivity contribution in [3.63, 3.8) is 0 Å². The Kier molecular flexibility index (Phi) is 7.73. The number of hydrogen-bond donors (Lipinski definition) is 2. The number of likely N-dealkylation sites (tertiary alicyclic amines) is 2. The number of nitrogens with zero attached hydrogens (tertiary/aromatic N) is 4. The fourth-order valence-corrected chi connectivity index (χ4v) is 6.45. The van der Waals surface area contributed by atoms with E-state index in [1.54, 1.807) is 17.0 Å². The van der Waals surface area contributed by atoms with Crippen LogP contribution in [0.3, 0.4) is 0 Å². The lowest BCUT2D eigenvalue weighted by molar-refractivity contribution is -0.128. The Labute approximate surface area is 255 Å². The quantitative estimate of drug-likeness (QED) is 0.352. The number of carbonyl (C=O) groups is 3. The topological polar surface area (TPSA) is 125 Å². The summed E-state index contributed by atoms with van der Waals surface area (Å²) in [6, 6.07) is 13.7. The van der Waals surface area contributed by atoms with E-state index in [0.29, 0.717) is 56.0 Å². The molecule has 1 atom stereocenters. The number of halogens is 1. The molecule has 1 saturated carbocycles. The summed E-state index contributed by atoms with van der Waals surface area (Å²) < 4.78 is 21.6. The monoisotopic (exact) mass is 601 g/mol. The molecule has 3 aromatic rings. The molecule has 3 amide bonds. The zero-order valence-electron chi connectivity index (χ0n) is 25.0. The summed E-state index contributed by atoms with van der Waals surface area (Å²) in [4.78, 5) is 39.9. The van der Waals surface area contributed by atoms with Crippen LogP contribution in [0.1, 0.15) is 67.6 Å². The molecule has 1 aliphatic carbocycles. The molecule has 2 aromatic carbocycles. The summed E-state index contributed by atoms with van der Waals surface area (Å²) in [6.45, 7) is 7.76.